The Balaban J connectivity index is 2.58. The van der Waals surface area contributed by atoms with Gasteiger partial charge in [-0.3, -0.25) is 4.40 Å². The molecule has 0 saturated heterocycles. The summed E-state index contributed by atoms with van der Waals surface area (Å²) in [5.74, 6) is -1.03. The van der Waals surface area contributed by atoms with Crippen LogP contribution in [0.1, 0.15) is 11.3 Å². The summed E-state index contributed by atoms with van der Waals surface area (Å²) in [5, 5.41) is 18.0. The highest BCUT2D eigenvalue weighted by Crippen LogP contribution is 2.24. The van der Waals surface area contributed by atoms with Crippen LogP contribution in [0.5, 0.6) is 5.88 Å². The SMILES string of the molecule is COCCOc1nc2c(C)cccn2c1C=C(C#N)C(=O)O. The lowest BCUT2D eigenvalue weighted by atomic mass is 10.2. The zero-order valence-corrected chi connectivity index (χ0v) is 12.2. The Kier molecular flexibility index (Phi) is 4.76. The molecule has 22 heavy (non-hydrogen) atoms. The van der Waals surface area contributed by atoms with Crippen LogP contribution in [0, 0.1) is 18.3 Å². The van der Waals surface area contributed by atoms with Crippen molar-refractivity contribution < 1.29 is 19.4 Å². The lowest BCUT2D eigenvalue weighted by Crippen LogP contribution is -2.06. The van der Waals surface area contributed by atoms with Gasteiger partial charge in [0.2, 0.25) is 5.88 Å². The number of carbonyl (C=O) groups is 1. The van der Waals surface area contributed by atoms with Crippen molar-refractivity contribution in [1.82, 2.24) is 9.38 Å². The van der Waals surface area contributed by atoms with Gasteiger partial charge in [0.1, 0.15) is 29.6 Å². The molecule has 1 N–H and O–H groups in total. The Hall–Kier alpha value is -2.85. The zero-order chi connectivity index (χ0) is 16.1. The van der Waals surface area contributed by atoms with Gasteiger partial charge in [0.15, 0.2) is 0 Å². The van der Waals surface area contributed by atoms with Gasteiger partial charge in [-0.05, 0) is 24.6 Å². The molecule has 0 aromatic carbocycles. The minimum atomic E-state index is -1.30. The van der Waals surface area contributed by atoms with E-state index < -0.39 is 5.97 Å². The average molecular weight is 301 g/mol. The number of carboxylic acids is 1. The van der Waals surface area contributed by atoms with Crippen LogP contribution in [0.2, 0.25) is 0 Å². The smallest absolute Gasteiger partial charge is 0.346 e. The van der Waals surface area contributed by atoms with Crippen LogP contribution in [-0.4, -0.2) is 40.8 Å². The fraction of sp³-hybridized carbons (Fsp3) is 0.267. The van der Waals surface area contributed by atoms with Gasteiger partial charge in [0, 0.05) is 13.3 Å². The standard InChI is InChI=1S/C15H15N3O4/c1-10-4-3-5-18-12(8-11(9-16)15(19)20)14(17-13(10)18)22-7-6-21-2/h3-5,8H,6-7H2,1-2H3,(H,19,20). The first-order chi connectivity index (χ1) is 10.6. The number of carboxylic acid groups (broad SMARTS) is 1. The van der Waals surface area contributed by atoms with Crippen molar-refractivity contribution in [3.05, 3.63) is 35.2 Å². The second-order valence-electron chi connectivity index (χ2n) is 4.50. The Labute approximate surface area is 127 Å². The van der Waals surface area contributed by atoms with Crippen LogP contribution in [0.4, 0.5) is 0 Å². The molecule has 0 aliphatic heterocycles. The van der Waals surface area contributed by atoms with Crippen LogP contribution in [0.25, 0.3) is 11.7 Å². The van der Waals surface area contributed by atoms with E-state index in [1.807, 2.05) is 19.1 Å². The lowest BCUT2D eigenvalue weighted by Gasteiger charge is -2.03. The first-order valence-corrected chi connectivity index (χ1v) is 6.53. The van der Waals surface area contributed by atoms with Gasteiger partial charge in [0.05, 0.1) is 6.61 Å². The number of rotatable bonds is 6. The number of hydrogen-bond acceptors (Lipinski definition) is 5. The Bertz CT molecular complexity index is 771. The van der Waals surface area contributed by atoms with E-state index in [0.717, 1.165) is 5.56 Å². The largest absolute Gasteiger partial charge is 0.477 e. The van der Waals surface area contributed by atoms with Crippen LogP contribution in [-0.2, 0) is 9.53 Å². The summed E-state index contributed by atoms with van der Waals surface area (Å²) >= 11 is 0. The molecule has 0 amide bonds. The highest BCUT2D eigenvalue weighted by molar-refractivity contribution is 5.96. The molecule has 2 rings (SSSR count). The second-order valence-corrected chi connectivity index (χ2v) is 4.50. The molecule has 0 unspecified atom stereocenters. The van der Waals surface area contributed by atoms with E-state index in [4.69, 9.17) is 19.8 Å². The van der Waals surface area contributed by atoms with Crippen molar-refractivity contribution in [3.63, 3.8) is 0 Å². The lowest BCUT2D eigenvalue weighted by molar-refractivity contribution is -0.132. The summed E-state index contributed by atoms with van der Waals surface area (Å²) in [6, 6.07) is 5.35. The number of aromatic nitrogens is 2. The van der Waals surface area contributed by atoms with Gasteiger partial charge in [-0.15, -0.1) is 0 Å². The van der Waals surface area contributed by atoms with Crippen LogP contribution < -0.4 is 4.74 Å². The molecule has 0 aliphatic carbocycles. The molecule has 7 nitrogen and oxygen atoms in total. The minimum absolute atomic E-state index is 0.264. The van der Waals surface area contributed by atoms with E-state index in [-0.39, 0.29) is 18.1 Å². The van der Waals surface area contributed by atoms with Crippen molar-refractivity contribution in [2.75, 3.05) is 20.3 Å². The molecule has 0 spiro atoms. The normalized spacial score (nSPS) is 11.4. The quantitative estimate of drug-likeness (QED) is 0.495. The predicted octanol–water partition coefficient (Wildman–Crippen LogP) is 1.66. The van der Waals surface area contributed by atoms with Gasteiger partial charge >= 0.3 is 5.97 Å². The summed E-state index contributed by atoms with van der Waals surface area (Å²) < 4.78 is 12.2. The van der Waals surface area contributed by atoms with E-state index in [2.05, 4.69) is 4.98 Å². The van der Waals surface area contributed by atoms with Crippen LogP contribution in [0.3, 0.4) is 0 Å². The molecule has 2 heterocycles. The molecule has 114 valence electrons. The molecule has 0 bridgehead atoms. The van der Waals surface area contributed by atoms with Gasteiger partial charge in [0.25, 0.3) is 0 Å². The van der Waals surface area contributed by atoms with E-state index in [0.29, 0.717) is 17.9 Å². The molecule has 0 radical (unpaired) electrons. The van der Waals surface area contributed by atoms with Gasteiger partial charge in [-0.1, -0.05) is 6.07 Å². The summed E-state index contributed by atoms with van der Waals surface area (Å²) in [6.45, 7) is 2.53. The number of aryl methyl sites for hydroxylation is 1. The highest BCUT2D eigenvalue weighted by Gasteiger charge is 2.16. The Morgan fingerprint density at radius 3 is 2.95 bits per heavy atom. The topological polar surface area (TPSA) is 96.9 Å². The van der Waals surface area contributed by atoms with E-state index in [1.54, 1.807) is 23.8 Å². The Morgan fingerprint density at radius 2 is 2.32 bits per heavy atom. The number of hydrogen-bond donors (Lipinski definition) is 1. The third-order valence-corrected chi connectivity index (χ3v) is 3.01. The fourth-order valence-electron chi connectivity index (χ4n) is 1.94. The zero-order valence-electron chi connectivity index (χ0n) is 12.2. The maximum absolute atomic E-state index is 11.1. The second kappa shape index (κ2) is 6.74. The number of nitrogens with zero attached hydrogens (tertiary/aromatic N) is 3. The first kappa shape index (κ1) is 15.5. The molecule has 0 saturated carbocycles. The number of methoxy groups -OCH3 is 1. The van der Waals surface area contributed by atoms with E-state index in [9.17, 15) is 4.79 Å². The number of aliphatic carboxylic acids is 1. The molecule has 7 heteroatoms. The van der Waals surface area contributed by atoms with Crippen molar-refractivity contribution >= 4 is 17.7 Å². The van der Waals surface area contributed by atoms with E-state index >= 15 is 0 Å². The summed E-state index contributed by atoms with van der Waals surface area (Å²) in [4.78, 5) is 15.4. The van der Waals surface area contributed by atoms with Crippen molar-refractivity contribution in [1.29, 1.82) is 5.26 Å². The molecule has 0 aliphatic rings. The van der Waals surface area contributed by atoms with Gasteiger partial charge in [-0.25, -0.2) is 4.79 Å². The maximum atomic E-state index is 11.1. The summed E-state index contributed by atoms with van der Waals surface area (Å²) in [5.41, 5.74) is 1.57. The van der Waals surface area contributed by atoms with Crippen molar-refractivity contribution in [2.24, 2.45) is 0 Å². The minimum Gasteiger partial charge on any atom is -0.477 e. The van der Waals surface area contributed by atoms with Gasteiger partial charge in [-0.2, -0.15) is 10.2 Å². The highest BCUT2D eigenvalue weighted by atomic mass is 16.5. The first-order valence-electron chi connectivity index (χ1n) is 6.53. The summed E-state index contributed by atoms with van der Waals surface area (Å²) in [6.07, 6.45) is 2.99. The molecular weight excluding hydrogens is 286 g/mol. The monoisotopic (exact) mass is 301 g/mol. The molecular formula is C15H15N3O4. The maximum Gasteiger partial charge on any atom is 0.346 e. The Morgan fingerprint density at radius 1 is 1.55 bits per heavy atom. The van der Waals surface area contributed by atoms with Crippen molar-refractivity contribution in [2.45, 2.75) is 6.92 Å². The van der Waals surface area contributed by atoms with Crippen LogP contribution in [0.15, 0.2) is 23.9 Å². The summed E-state index contributed by atoms with van der Waals surface area (Å²) in [7, 11) is 1.55. The number of nitriles is 1. The third-order valence-electron chi connectivity index (χ3n) is 3.01. The van der Waals surface area contributed by atoms with Crippen molar-refractivity contribution in [3.8, 4) is 11.9 Å². The van der Waals surface area contributed by atoms with Gasteiger partial charge < -0.3 is 14.6 Å². The molecule has 0 atom stereocenters. The molecule has 0 fully saturated rings. The molecule has 2 aromatic heterocycles. The number of fused-ring (bicyclic) bond motifs is 1. The third kappa shape index (κ3) is 3.07. The number of ether oxygens (including phenoxy) is 2. The number of imidazole rings is 1. The fourth-order valence-corrected chi connectivity index (χ4v) is 1.94. The predicted molar refractivity (Wildman–Crippen MR) is 78.5 cm³/mol. The van der Waals surface area contributed by atoms with E-state index in [1.165, 1.54) is 6.08 Å². The average Bonchev–Trinajstić information content (AvgIpc) is 2.84. The number of pyridine rings is 1. The molecule has 2 aromatic rings. The van der Waals surface area contributed by atoms with Crippen LogP contribution >= 0.6 is 0 Å².